The third kappa shape index (κ3) is 0.0275. The molecule has 0 aliphatic carbocycles. The van der Waals surface area contributed by atoms with Gasteiger partial charge in [0, 0.05) is 0 Å². The van der Waals surface area contributed by atoms with Crippen molar-refractivity contribution in [2.75, 3.05) is 0 Å². The van der Waals surface area contributed by atoms with Crippen LogP contribution in [0.5, 0.6) is 0 Å². The van der Waals surface area contributed by atoms with E-state index in [4.69, 9.17) is 0 Å². The first-order valence-electron chi connectivity index (χ1n) is 6.67. The van der Waals surface area contributed by atoms with Gasteiger partial charge in [0.05, 0.1) is 0 Å². The van der Waals surface area contributed by atoms with Crippen LogP contribution >= 0.6 is 0 Å². The molecule has 0 aromatic rings. The van der Waals surface area contributed by atoms with Crippen LogP contribution < -0.4 is 0 Å². The van der Waals surface area contributed by atoms with E-state index in [1.807, 2.05) is 0 Å². The minimum absolute atomic E-state index is 1.17. The Kier molecular flexibility index (Phi) is 0.0823. The summed E-state index contributed by atoms with van der Waals surface area (Å²) < 4.78 is 14.6. The number of hydrogen-bond donors (Lipinski definition) is 0. The zero-order valence-corrected chi connectivity index (χ0v) is 9.46. The molecule has 8 unspecified atom stereocenters. The van der Waals surface area contributed by atoms with E-state index in [0.29, 0.717) is 0 Å². The van der Waals surface area contributed by atoms with Crippen molar-refractivity contribution in [3.05, 3.63) is 0 Å². The van der Waals surface area contributed by atoms with Gasteiger partial charge in [0.15, 0.2) is 0 Å². The van der Waals surface area contributed by atoms with Crippen molar-refractivity contribution in [1.29, 1.82) is 0 Å². The van der Waals surface area contributed by atoms with Gasteiger partial charge in [0.2, 0.25) is 0 Å². The fourth-order valence-electron chi connectivity index (χ4n) is 24.1. The quantitative estimate of drug-likeness (QED) is 0.562. The maximum absolute atomic E-state index is 2.90. The van der Waals surface area contributed by atoms with Crippen molar-refractivity contribution >= 4 is 0 Å². The average Bonchev–Trinajstić information content (AvgIpc) is 3.01. The van der Waals surface area contributed by atoms with E-state index in [1.54, 1.807) is 18.5 Å². The van der Waals surface area contributed by atoms with Gasteiger partial charge in [-0.15, -0.1) is 0 Å². The molecule has 0 aromatic carbocycles. The molecular formula is C12H14V. The van der Waals surface area contributed by atoms with E-state index in [-0.39, 0.29) is 0 Å². The third-order valence-corrected chi connectivity index (χ3v) is 77.8. The summed E-state index contributed by atoms with van der Waals surface area (Å²) in [5.41, 5.74) is 0. The number of rotatable bonds is 0. The van der Waals surface area contributed by atoms with Crippen LogP contribution in [0, 0.1) is 0 Å². The monoisotopic (exact) mass is 209 g/mol. The molecule has 10 saturated heterocycles. The Balaban J connectivity index is 2.19. The number of hydrogen-bond acceptors (Lipinski definition) is 0. The zero-order valence-electron chi connectivity index (χ0n) is 8.07. The molecule has 0 N–H and O–H groups in total. The van der Waals surface area contributed by atoms with E-state index in [2.05, 4.69) is 13.8 Å². The van der Waals surface area contributed by atoms with Crippen molar-refractivity contribution in [1.82, 2.24) is 0 Å². The first-order chi connectivity index (χ1) is 5.93. The Morgan fingerprint density at radius 1 is 0.692 bits per heavy atom. The van der Waals surface area contributed by atoms with E-state index in [9.17, 15) is 0 Å². The van der Waals surface area contributed by atoms with Crippen molar-refractivity contribution in [3.63, 3.8) is 0 Å². The van der Waals surface area contributed by atoms with Crippen molar-refractivity contribution in [2.24, 2.45) is 0 Å². The molecule has 0 aromatic heterocycles. The Hall–Kier alpha value is 0.584. The summed E-state index contributed by atoms with van der Waals surface area (Å²) in [4.78, 5) is 0. The van der Waals surface area contributed by atoms with Crippen LogP contribution in [-0.2, 0) is 7.25 Å². The molecule has 0 bridgehead atoms. The van der Waals surface area contributed by atoms with Crippen LogP contribution in [0.4, 0.5) is 0 Å². The summed E-state index contributed by atoms with van der Waals surface area (Å²) in [7, 11) is -2.90. The first kappa shape index (κ1) is 4.22. The molecule has 67 valence electrons. The first-order valence-corrected chi connectivity index (χ1v) is 14.5. The molecule has 1 heteroatoms. The van der Waals surface area contributed by atoms with Gasteiger partial charge < -0.3 is 0 Å². The van der Waals surface area contributed by atoms with Crippen LogP contribution in [0.3, 0.4) is 0 Å². The van der Waals surface area contributed by atoms with Gasteiger partial charge in [-0.1, -0.05) is 0 Å². The molecule has 0 radical (unpaired) electrons. The average molecular weight is 209 g/mol. The Bertz CT molecular complexity index is 821. The maximum atomic E-state index is 2.83. The van der Waals surface area contributed by atoms with E-state index < -0.39 is 7.25 Å². The second-order valence-electron chi connectivity index (χ2n) is 12.5. The van der Waals surface area contributed by atoms with Crippen molar-refractivity contribution in [3.8, 4) is 0 Å². The summed E-state index contributed by atoms with van der Waals surface area (Å²) >= 11 is 0. The topological polar surface area (TPSA) is 0 Å². The summed E-state index contributed by atoms with van der Waals surface area (Å²) in [5, 5.41) is 0. The van der Waals surface area contributed by atoms with Gasteiger partial charge in [0.25, 0.3) is 0 Å². The van der Waals surface area contributed by atoms with Crippen molar-refractivity contribution < 1.29 is 7.25 Å². The predicted molar refractivity (Wildman–Crippen MR) is 46.7 cm³/mol. The predicted octanol–water partition coefficient (Wildman–Crippen LogP) is 4.16. The van der Waals surface area contributed by atoms with Crippen LogP contribution in [-0.4, -0.2) is 0 Å². The van der Waals surface area contributed by atoms with E-state index in [0.717, 1.165) is 0 Å². The third-order valence-electron chi connectivity index (χ3n) is 20.1. The fourth-order valence-corrected chi connectivity index (χ4v) is 133. The number of fused-ring (bicyclic) bond motifs is 10. The Morgan fingerprint density at radius 3 is 1.00 bits per heavy atom. The molecule has 10 aliphatic rings. The van der Waals surface area contributed by atoms with Gasteiger partial charge in [-0.3, -0.25) is 0 Å². The normalized spacial score (nSPS) is 158. The van der Waals surface area contributed by atoms with E-state index >= 15 is 0 Å². The van der Waals surface area contributed by atoms with Gasteiger partial charge in [-0.25, -0.2) is 0 Å². The molecule has 10 rings (SSSR count). The summed E-state index contributed by atoms with van der Waals surface area (Å²) in [6.07, 6.45) is 0. The molecular weight excluding hydrogens is 195 g/mol. The zero-order chi connectivity index (χ0) is 7.94. The molecule has 10 fully saturated rings. The van der Waals surface area contributed by atoms with Crippen LogP contribution in [0.2, 0.25) is 45.3 Å². The standard InChI is InChI=1S/2C6H7.V/c2*1-6-4-2-3-5-6;/h2*2-5H,1H3;. The van der Waals surface area contributed by atoms with Crippen LogP contribution in [0.25, 0.3) is 0 Å². The molecule has 13 heavy (non-hydrogen) atoms. The molecule has 1 spiro atoms. The molecule has 0 saturated carbocycles. The Labute approximate surface area is 66.5 Å². The van der Waals surface area contributed by atoms with Gasteiger partial charge in [0.1, 0.15) is 0 Å². The van der Waals surface area contributed by atoms with Crippen LogP contribution in [0.1, 0.15) is 13.8 Å². The second-order valence-corrected chi connectivity index (χ2v) is 42.6. The molecule has 0 amide bonds. The summed E-state index contributed by atoms with van der Waals surface area (Å²) in [5.74, 6) is 0. The van der Waals surface area contributed by atoms with Gasteiger partial charge in [-0.05, 0) is 0 Å². The summed E-state index contributed by atoms with van der Waals surface area (Å²) in [6.45, 7) is 5.66. The van der Waals surface area contributed by atoms with E-state index in [1.165, 1.54) is 26.8 Å². The van der Waals surface area contributed by atoms with Crippen molar-refractivity contribution in [2.45, 2.75) is 59.1 Å². The molecule has 10 aliphatic heterocycles. The van der Waals surface area contributed by atoms with Gasteiger partial charge >= 0.3 is 66.4 Å². The summed E-state index contributed by atoms with van der Waals surface area (Å²) in [6, 6.07) is 0. The van der Waals surface area contributed by atoms with Gasteiger partial charge in [-0.2, -0.15) is 0 Å². The molecule has 0 nitrogen and oxygen atoms in total. The second kappa shape index (κ2) is 0.254. The molecule has 10 heterocycles. The minimum atomic E-state index is -2.90. The van der Waals surface area contributed by atoms with Crippen LogP contribution in [0.15, 0.2) is 0 Å². The molecule has 8 atom stereocenters. The fraction of sp³-hybridized carbons (Fsp3) is 1.00. The Morgan fingerprint density at radius 2 is 1.00 bits per heavy atom. The SMILES string of the molecule is C[C]12[CH]3[CH]4[CH]5[CH]1[V]45321678[CH]2[CH]1[CH]6[C]7(C)[CH]28.